The van der Waals surface area contributed by atoms with Crippen LogP contribution in [0.5, 0.6) is 6.01 Å². The summed E-state index contributed by atoms with van der Waals surface area (Å²) >= 11 is 0. The fraction of sp³-hybridized carbons (Fsp3) is 0.370. The minimum Gasteiger partial charge on any atom is -0.467 e. The highest BCUT2D eigenvalue weighted by Gasteiger charge is 2.35. The number of pyridine rings is 1. The van der Waals surface area contributed by atoms with E-state index in [0.717, 1.165) is 25.2 Å². The number of imidazole rings is 1. The largest absolute Gasteiger partial charge is 0.467 e. The predicted molar refractivity (Wildman–Crippen MR) is 132 cm³/mol. The second-order valence-corrected chi connectivity index (χ2v) is 9.66. The Morgan fingerprint density at radius 2 is 1.97 bits per heavy atom. The molecule has 7 rings (SSSR count). The number of rotatable bonds is 5. The molecule has 3 saturated heterocycles. The number of piperidine rings is 3. The molecule has 3 aromatic heterocycles. The van der Waals surface area contributed by atoms with Crippen molar-refractivity contribution in [2.45, 2.75) is 32.2 Å². The summed E-state index contributed by atoms with van der Waals surface area (Å²) in [5, 5.41) is 9.37. The number of nitrogens with zero attached hydrogens (tertiary/aromatic N) is 7. The second kappa shape index (κ2) is 8.95. The maximum atomic E-state index is 15.6. The summed E-state index contributed by atoms with van der Waals surface area (Å²) in [6, 6.07) is 9.72. The Labute approximate surface area is 208 Å². The smallest absolute Gasteiger partial charge is 0.318 e. The van der Waals surface area contributed by atoms with E-state index in [0.29, 0.717) is 51.2 Å². The Hall–Kier alpha value is -3.90. The maximum absolute atomic E-state index is 15.6. The van der Waals surface area contributed by atoms with Crippen molar-refractivity contribution >= 4 is 11.2 Å². The summed E-state index contributed by atoms with van der Waals surface area (Å²) in [5.41, 5.74) is 4.47. The number of hydrogen-bond donors (Lipinski definition) is 0. The third kappa shape index (κ3) is 3.88. The van der Waals surface area contributed by atoms with Crippen molar-refractivity contribution in [1.29, 1.82) is 5.26 Å². The molecule has 2 bridgehead atoms. The number of fused-ring (bicyclic) bond motifs is 4. The fourth-order valence-electron chi connectivity index (χ4n) is 5.63. The van der Waals surface area contributed by atoms with Gasteiger partial charge in [0.1, 0.15) is 23.2 Å². The summed E-state index contributed by atoms with van der Waals surface area (Å²) in [6.07, 6.45) is 5.52. The first-order chi connectivity index (χ1) is 17.5. The molecule has 36 heavy (non-hydrogen) atoms. The number of aromatic nitrogens is 5. The highest BCUT2D eigenvalue weighted by Crippen LogP contribution is 2.39. The summed E-state index contributed by atoms with van der Waals surface area (Å²) in [7, 11) is 1.51. The summed E-state index contributed by atoms with van der Waals surface area (Å²) in [6.45, 7) is 5.38. The Morgan fingerprint density at radius 1 is 1.14 bits per heavy atom. The molecule has 0 saturated carbocycles. The van der Waals surface area contributed by atoms with Crippen LogP contribution in [-0.2, 0) is 6.54 Å². The van der Waals surface area contributed by atoms with E-state index in [4.69, 9.17) is 9.72 Å². The third-order valence-corrected chi connectivity index (χ3v) is 7.55. The average molecular weight is 484 g/mol. The molecule has 3 aliphatic rings. The van der Waals surface area contributed by atoms with Gasteiger partial charge in [0.25, 0.3) is 0 Å². The zero-order valence-corrected chi connectivity index (χ0v) is 20.3. The molecule has 0 aliphatic carbocycles. The van der Waals surface area contributed by atoms with E-state index in [2.05, 4.69) is 32.0 Å². The van der Waals surface area contributed by atoms with E-state index < -0.39 is 0 Å². The number of methoxy groups -OCH3 is 1. The van der Waals surface area contributed by atoms with Crippen LogP contribution in [0, 0.1) is 30.0 Å². The molecule has 1 atom stereocenters. The van der Waals surface area contributed by atoms with Crippen molar-refractivity contribution in [3.63, 3.8) is 0 Å². The number of ether oxygens (including phenoxy) is 1. The molecule has 0 radical (unpaired) electrons. The van der Waals surface area contributed by atoms with E-state index in [1.165, 1.54) is 26.1 Å². The molecule has 0 spiro atoms. The lowest BCUT2D eigenvalue weighted by Gasteiger charge is -2.45. The van der Waals surface area contributed by atoms with E-state index in [1.807, 2.05) is 17.6 Å². The van der Waals surface area contributed by atoms with Gasteiger partial charge >= 0.3 is 6.01 Å². The van der Waals surface area contributed by atoms with Crippen LogP contribution in [-0.4, -0.2) is 56.1 Å². The van der Waals surface area contributed by atoms with Gasteiger partial charge in [0.2, 0.25) is 0 Å². The number of aryl methyl sites for hydroxylation is 1. The Morgan fingerprint density at radius 3 is 2.67 bits per heavy atom. The topological polar surface area (TPSA) is 92.8 Å². The second-order valence-electron chi connectivity index (χ2n) is 9.66. The first-order valence-corrected chi connectivity index (χ1v) is 12.2. The van der Waals surface area contributed by atoms with Crippen molar-refractivity contribution in [1.82, 2.24) is 29.4 Å². The third-order valence-electron chi connectivity index (χ3n) is 7.55. The first-order valence-electron chi connectivity index (χ1n) is 12.2. The van der Waals surface area contributed by atoms with Crippen molar-refractivity contribution in [3.05, 3.63) is 64.9 Å². The first kappa shape index (κ1) is 22.6. The molecule has 8 nitrogen and oxygen atoms in total. The molecule has 0 amide bonds. The molecule has 0 unspecified atom stereocenters. The van der Waals surface area contributed by atoms with Gasteiger partial charge in [0.15, 0.2) is 5.65 Å². The van der Waals surface area contributed by atoms with Gasteiger partial charge in [-0.2, -0.15) is 15.2 Å². The van der Waals surface area contributed by atoms with Crippen LogP contribution in [0.25, 0.3) is 22.6 Å². The Bertz CT molecular complexity index is 1500. The molecule has 1 aromatic carbocycles. The standard InChI is InChI=1S/C27H26FN7O/c1-16-24-26(33-27(31-16)36-2)35(25(32-24)21-9-17(11-29)12-30-13-21)14-20-4-3-19(10-23(20)28)22-15-34-7-5-18(22)6-8-34/h3-4,9-10,12-13,18,22H,5-8,14-15H2,1-2H3/t22-/m1/s1. The van der Waals surface area contributed by atoms with Crippen LogP contribution in [0.1, 0.15) is 41.1 Å². The van der Waals surface area contributed by atoms with Crippen LogP contribution >= 0.6 is 0 Å². The molecular formula is C27H26FN7O. The van der Waals surface area contributed by atoms with Gasteiger partial charge in [0.05, 0.1) is 24.9 Å². The van der Waals surface area contributed by atoms with Crippen molar-refractivity contribution < 1.29 is 9.13 Å². The number of nitriles is 1. The van der Waals surface area contributed by atoms with Gasteiger partial charge in [-0.05, 0) is 62.4 Å². The van der Waals surface area contributed by atoms with Crippen LogP contribution in [0.2, 0.25) is 0 Å². The SMILES string of the molecule is COc1nc(C)c2nc(-c3cncc(C#N)c3)n(Cc3ccc([C@@H]4CN5CCC4CC5)cc3F)c2n1. The molecule has 4 aromatic rings. The van der Waals surface area contributed by atoms with Gasteiger partial charge in [-0.3, -0.25) is 4.98 Å². The summed E-state index contributed by atoms with van der Waals surface area (Å²) in [4.78, 5) is 20.4. The van der Waals surface area contributed by atoms with Gasteiger partial charge in [-0.1, -0.05) is 12.1 Å². The molecule has 3 fully saturated rings. The lowest BCUT2D eigenvalue weighted by Crippen LogP contribution is -2.46. The fourth-order valence-corrected chi connectivity index (χ4v) is 5.63. The van der Waals surface area contributed by atoms with E-state index in [-0.39, 0.29) is 18.4 Å². The number of halogens is 1. The van der Waals surface area contributed by atoms with Gasteiger partial charge in [-0.15, -0.1) is 0 Å². The van der Waals surface area contributed by atoms with Crippen molar-refractivity contribution in [2.75, 3.05) is 26.7 Å². The highest BCUT2D eigenvalue weighted by molar-refractivity contribution is 5.79. The monoisotopic (exact) mass is 483 g/mol. The van der Waals surface area contributed by atoms with Crippen molar-refractivity contribution in [3.8, 4) is 23.5 Å². The predicted octanol–water partition coefficient (Wildman–Crippen LogP) is 4.07. The molecular weight excluding hydrogens is 457 g/mol. The Kier molecular flexibility index (Phi) is 5.61. The molecule has 3 aliphatic heterocycles. The van der Waals surface area contributed by atoms with E-state index >= 15 is 4.39 Å². The minimum atomic E-state index is -0.238. The van der Waals surface area contributed by atoms with Gasteiger partial charge < -0.3 is 14.2 Å². The maximum Gasteiger partial charge on any atom is 0.318 e. The highest BCUT2D eigenvalue weighted by atomic mass is 19.1. The zero-order valence-electron chi connectivity index (χ0n) is 20.3. The van der Waals surface area contributed by atoms with Crippen LogP contribution in [0.3, 0.4) is 0 Å². The quantitative estimate of drug-likeness (QED) is 0.422. The number of benzene rings is 1. The molecule has 182 valence electrons. The van der Waals surface area contributed by atoms with Crippen LogP contribution in [0.4, 0.5) is 4.39 Å². The number of hydrogen-bond acceptors (Lipinski definition) is 7. The zero-order chi connectivity index (χ0) is 24.8. The summed E-state index contributed by atoms with van der Waals surface area (Å²) in [5.74, 6) is 1.33. The molecule has 0 N–H and O–H groups in total. The molecule has 9 heteroatoms. The van der Waals surface area contributed by atoms with E-state index in [1.54, 1.807) is 18.3 Å². The normalized spacial score (nSPS) is 21.0. The van der Waals surface area contributed by atoms with Crippen LogP contribution < -0.4 is 4.74 Å². The van der Waals surface area contributed by atoms with Crippen LogP contribution in [0.15, 0.2) is 36.7 Å². The van der Waals surface area contributed by atoms with E-state index in [9.17, 15) is 5.26 Å². The van der Waals surface area contributed by atoms with Crippen molar-refractivity contribution in [2.24, 2.45) is 5.92 Å². The average Bonchev–Trinajstić information content (AvgIpc) is 3.29. The van der Waals surface area contributed by atoms with Gasteiger partial charge in [-0.25, -0.2) is 9.37 Å². The lowest BCUT2D eigenvalue weighted by molar-refractivity contribution is 0.0870. The lowest BCUT2D eigenvalue weighted by atomic mass is 9.75. The Balaban J connectivity index is 1.43. The summed E-state index contributed by atoms with van der Waals surface area (Å²) < 4.78 is 22.7. The van der Waals surface area contributed by atoms with Gasteiger partial charge in [0, 0.05) is 30.1 Å². The minimum absolute atomic E-state index is 0.217. The molecule has 6 heterocycles.